The molecule has 1 aliphatic carbocycles. The summed E-state index contributed by atoms with van der Waals surface area (Å²) in [6.45, 7) is 0. The van der Waals surface area contributed by atoms with Gasteiger partial charge in [-0.3, -0.25) is 10.1 Å². The van der Waals surface area contributed by atoms with Crippen molar-refractivity contribution in [3.63, 3.8) is 0 Å². The summed E-state index contributed by atoms with van der Waals surface area (Å²) in [4.78, 5) is 11.1. The van der Waals surface area contributed by atoms with Crippen LogP contribution in [0, 0.1) is 16.0 Å². The molecule has 0 saturated carbocycles. The van der Waals surface area contributed by atoms with E-state index in [2.05, 4.69) is 23.5 Å². The van der Waals surface area contributed by atoms with Gasteiger partial charge < -0.3 is 10.1 Å². The highest BCUT2D eigenvalue weighted by Gasteiger charge is 2.40. The van der Waals surface area contributed by atoms with Crippen molar-refractivity contribution in [2.45, 2.75) is 18.4 Å². The molecule has 0 saturated heterocycles. The van der Waals surface area contributed by atoms with Crippen LogP contribution in [-0.4, -0.2) is 12.0 Å². The molecule has 1 heterocycles. The fourth-order valence-electron chi connectivity index (χ4n) is 3.92. The molecule has 122 valence electrons. The zero-order valence-electron chi connectivity index (χ0n) is 13.3. The number of nitrogens with zero attached hydrogens (tertiary/aromatic N) is 1. The number of nitrogens with one attached hydrogen (secondary N) is 1. The molecule has 5 nitrogen and oxygen atoms in total. The largest absolute Gasteiger partial charge is 0.497 e. The van der Waals surface area contributed by atoms with Gasteiger partial charge in [0.1, 0.15) is 5.75 Å². The van der Waals surface area contributed by atoms with E-state index in [0.717, 1.165) is 23.4 Å². The summed E-state index contributed by atoms with van der Waals surface area (Å²) in [5, 5.41) is 15.0. The van der Waals surface area contributed by atoms with Gasteiger partial charge in [0, 0.05) is 17.7 Å². The van der Waals surface area contributed by atoms with Crippen molar-refractivity contribution in [3.8, 4) is 5.75 Å². The van der Waals surface area contributed by atoms with Crippen LogP contribution < -0.4 is 10.1 Å². The Hall–Kier alpha value is -2.82. The molecule has 0 radical (unpaired) electrons. The molecule has 3 atom stereocenters. The molecule has 2 aliphatic rings. The quantitative estimate of drug-likeness (QED) is 0.516. The second-order valence-corrected chi connectivity index (χ2v) is 6.24. The first kappa shape index (κ1) is 14.8. The van der Waals surface area contributed by atoms with Crippen LogP contribution in [0.25, 0.3) is 0 Å². The third-order valence-corrected chi connectivity index (χ3v) is 5.04. The third kappa shape index (κ3) is 2.24. The number of benzene rings is 2. The van der Waals surface area contributed by atoms with E-state index < -0.39 is 0 Å². The molecule has 0 amide bonds. The zero-order chi connectivity index (χ0) is 16.7. The second kappa shape index (κ2) is 5.67. The van der Waals surface area contributed by atoms with Gasteiger partial charge in [-0.2, -0.15) is 0 Å². The molecule has 1 N–H and O–H groups in total. The Labute approximate surface area is 140 Å². The monoisotopic (exact) mass is 322 g/mol. The van der Waals surface area contributed by atoms with E-state index in [0.29, 0.717) is 0 Å². The highest BCUT2D eigenvalue weighted by Crippen LogP contribution is 2.51. The Morgan fingerprint density at radius 3 is 2.83 bits per heavy atom. The van der Waals surface area contributed by atoms with Crippen molar-refractivity contribution in [1.29, 1.82) is 0 Å². The molecule has 0 bridgehead atoms. The lowest BCUT2D eigenvalue weighted by atomic mass is 9.76. The Morgan fingerprint density at radius 2 is 2.04 bits per heavy atom. The van der Waals surface area contributed by atoms with Crippen LogP contribution in [0.1, 0.15) is 29.5 Å². The maximum atomic E-state index is 11.4. The van der Waals surface area contributed by atoms with Crippen molar-refractivity contribution in [3.05, 3.63) is 75.9 Å². The average Bonchev–Trinajstić information content (AvgIpc) is 3.10. The van der Waals surface area contributed by atoms with E-state index in [1.807, 2.05) is 24.3 Å². The molecule has 0 fully saturated rings. The summed E-state index contributed by atoms with van der Waals surface area (Å²) >= 11 is 0. The summed E-state index contributed by atoms with van der Waals surface area (Å²) in [5.74, 6) is 1.35. The number of allylic oxidation sites excluding steroid dienone is 2. The lowest BCUT2D eigenvalue weighted by molar-refractivity contribution is -0.385. The Morgan fingerprint density at radius 1 is 1.21 bits per heavy atom. The van der Waals surface area contributed by atoms with Gasteiger partial charge in [0.25, 0.3) is 5.69 Å². The molecule has 4 rings (SSSR count). The van der Waals surface area contributed by atoms with Crippen LogP contribution in [0.4, 0.5) is 11.4 Å². The van der Waals surface area contributed by atoms with Crippen LogP contribution >= 0.6 is 0 Å². The number of hydrogen-bond acceptors (Lipinski definition) is 4. The highest BCUT2D eigenvalue weighted by molar-refractivity contribution is 5.63. The van der Waals surface area contributed by atoms with Crippen molar-refractivity contribution >= 4 is 11.4 Å². The standard InChI is InChI=1S/C19H18N2O3/c1-24-12-9-10-17-16(11-12)13-6-4-7-14(13)19(20-17)15-5-2-3-8-18(15)21(22)23/h2-6,8-11,13-14,19-20H,7H2,1H3. The van der Waals surface area contributed by atoms with Crippen LogP contribution in [0.3, 0.4) is 0 Å². The van der Waals surface area contributed by atoms with Gasteiger partial charge in [0.05, 0.1) is 23.6 Å². The molecule has 2 aromatic carbocycles. The summed E-state index contributed by atoms with van der Waals surface area (Å²) in [6, 6.07) is 12.9. The minimum Gasteiger partial charge on any atom is -0.497 e. The topological polar surface area (TPSA) is 64.4 Å². The molecule has 2 aromatic rings. The highest BCUT2D eigenvalue weighted by atomic mass is 16.6. The zero-order valence-corrected chi connectivity index (χ0v) is 13.3. The summed E-state index contributed by atoms with van der Waals surface area (Å²) in [6.07, 6.45) is 5.30. The summed E-state index contributed by atoms with van der Waals surface area (Å²) in [7, 11) is 1.66. The number of nitro groups is 1. The Kier molecular flexibility index (Phi) is 3.49. The van der Waals surface area contributed by atoms with Crippen LogP contribution in [-0.2, 0) is 0 Å². The molecular formula is C19H18N2O3. The molecule has 0 aromatic heterocycles. The molecule has 5 heteroatoms. The van der Waals surface area contributed by atoms with E-state index in [4.69, 9.17) is 4.74 Å². The van der Waals surface area contributed by atoms with Gasteiger partial charge in [0.2, 0.25) is 0 Å². The number of fused-ring (bicyclic) bond motifs is 3. The molecule has 24 heavy (non-hydrogen) atoms. The number of hydrogen-bond donors (Lipinski definition) is 1. The lowest BCUT2D eigenvalue weighted by Crippen LogP contribution is -2.29. The van der Waals surface area contributed by atoms with E-state index in [1.165, 1.54) is 5.56 Å². The fourth-order valence-corrected chi connectivity index (χ4v) is 3.92. The second-order valence-electron chi connectivity index (χ2n) is 6.24. The van der Waals surface area contributed by atoms with Crippen LogP contribution in [0.5, 0.6) is 5.75 Å². The van der Waals surface area contributed by atoms with Gasteiger partial charge >= 0.3 is 0 Å². The predicted octanol–water partition coefficient (Wildman–Crippen LogP) is 4.43. The molecule has 0 spiro atoms. The normalized spacial score (nSPS) is 24.0. The molecular weight excluding hydrogens is 304 g/mol. The number of para-hydroxylation sites is 1. The Bertz CT molecular complexity index is 831. The van der Waals surface area contributed by atoms with Crippen LogP contribution in [0.15, 0.2) is 54.6 Å². The van der Waals surface area contributed by atoms with E-state index in [-0.39, 0.29) is 28.5 Å². The van der Waals surface area contributed by atoms with E-state index in [9.17, 15) is 10.1 Å². The third-order valence-electron chi connectivity index (χ3n) is 5.04. The van der Waals surface area contributed by atoms with Crippen molar-refractivity contribution in [2.75, 3.05) is 12.4 Å². The smallest absolute Gasteiger partial charge is 0.274 e. The molecule has 3 unspecified atom stereocenters. The van der Waals surface area contributed by atoms with Crippen molar-refractivity contribution in [2.24, 2.45) is 5.92 Å². The van der Waals surface area contributed by atoms with Gasteiger partial charge in [-0.25, -0.2) is 0 Å². The fraction of sp³-hybridized carbons (Fsp3) is 0.263. The van der Waals surface area contributed by atoms with Gasteiger partial charge in [0.15, 0.2) is 0 Å². The van der Waals surface area contributed by atoms with Gasteiger partial charge in [-0.05, 0) is 36.1 Å². The summed E-state index contributed by atoms with van der Waals surface area (Å²) < 4.78 is 5.35. The van der Waals surface area contributed by atoms with Crippen molar-refractivity contribution in [1.82, 2.24) is 0 Å². The van der Waals surface area contributed by atoms with Gasteiger partial charge in [-0.15, -0.1) is 0 Å². The minimum absolute atomic E-state index is 0.0764. The van der Waals surface area contributed by atoms with Gasteiger partial charge in [-0.1, -0.05) is 30.4 Å². The lowest BCUT2D eigenvalue weighted by Gasteiger charge is -2.37. The summed E-state index contributed by atoms with van der Waals surface area (Å²) in [5.41, 5.74) is 3.15. The van der Waals surface area contributed by atoms with E-state index >= 15 is 0 Å². The maximum absolute atomic E-state index is 11.4. The average molecular weight is 322 g/mol. The number of nitro benzene ring substituents is 1. The van der Waals surface area contributed by atoms with Crippen molar-refractivity contribution < 1.29 is 9.66 Å². The SMILES string of the molecule is COc1ccc2c(c1)C1C=CCC1C(c1ccccc1[N+](=O)[O-])N2. The minimum atomic E-state index is -0.294. The first-order chi connectivity index (χ1) is 11.7. The Balaban J connectivity index is 1.81. The maximum Gasteiger partial charge on any atom is 0.274 e. The van der Waals surface area contributed by atoms with Crippen LogP contribution in [0.2, 0.25) is 0 Å². The predicted molar refractivity (Wildman–Crippen MR) is 92.4 cm³/mol. The van der Waals surface area contributed by atoms with E-state index in [1.54, 1.807) is 19.2 Å². The number of anilines is 1. The number of ether oxygens (including phenoxy) is 1. The number of rotatable bonds is 3. The number of methoxy groups -OCH3 is 1. The molecule has 1 aliphatic heterocycles. The first-order valence-corrected chi connectivity index (χ1v) is 8.03. The first-order valence-electron chi connectivity index (χ1n) is 8.03.